The number of amides is 1. The molecule has 1 rings (SSSR count). The van der Waals surface area contributed by atoms with Crippen LogP contribution in [0.5, 0.6) is 0 Å². The van der Waals surface area contributed by atoms with E-state index in [2.05, 4.69) is 5.32 Å². The second kappa shape index (κ2) is 7.78. The highest BCUT2D eigenvalue weighted by Gasteiger charge is 2.20. The van der Waals surface area contributed by atoms with Gasteiger partial charge >= 0.3 is 5.97 Å². The molecule has 0 bridgehead atoms. The molecule has 0 aromatic heterocycles. The van der Waals surface area contributed by atoms with Gasteiger partial charge in [0.05, 0.1) is 23.2 Å². The van der Waals surface area contributed by atoms with Crippen molar-refractivity contribution in [1.82, 2.24) is 5.32 Å². The van der Waals surface area contributed by atoms with E-state index < -0.39 is 17.9 Å². The predicted octanol–water partition coefficient (Wildman–Crippen LogP) is 2.40. The summed E-state index contributed by atoms with van der Waals surface area (Å²) in [6.07, 6.45) is 1.11. The summed E-state index contributed by atoms with van der Waals surface area (Å²) in [5.74, 6) is -0.922. The Bertz CT molecular complexity index is 557. The molecule has 0 saturated carbocycles. The Hall–Kier alpha value is -1.88. The van der Waals surface area contributed by atoms with Crippen molar-refractivity contribution < 1.29 is 19.1 Å². The van der Waals surface area contributed by atoms with E-state index in [0.29, 0.717) is 23.8 Å². The van der Waals surface area contributed by atoms with Gasteiger partial charge in [-0.1, -0.05) is 18.5 Å². The lowest BCUT2D eigenvalue weighted by Gasteiger charge is -2.14. The van der Waals surface area contributed by atoms with Crippen LogP contribution in [0.1, 0.15) is 47.1 Å². The smallest absolute Gasteiger partial charge is 0.339 e. The summed E-state index contributed by atoms with van der Waals surface area (Å²) in [5.41, 5.74) is 1.14. The zero-order valence-corrected chi connectivity index (χ0v) is 13.0. The average Bonchev–Trinajstić information content (AvgIpc) is 2.46. The van der Waals surface area contributed by atoms with Gasteiger partial charge in [-0.05, 0) is 38.0 Å². The molecule has 0 aliphatic rings. The van der Waals surface area contributed by atoms with Crippen LogP contribution in [-0.4, -0.2) is 30.8 Å². The quantitative estimate of drug-likeness (QED) is 0.647. The van der Waals surface area contributed by atoms with Crippen LogP contribution >= 0.6 is 11.6 Å². The zero-order chi connectivity index (χ0) is 16.0. The highest BCUT2D eigenvalue weighted by molar-refractivity contribution is 6.35. The summed E-state index contributed by atoms with van der Waals surface area (Å²) in [4.78, 5) is 34.5. The number of hydrogen-bond acceptors (Lipinski definition) is 4. The van der Waals surface area contributed by atoms with Gasteiger partial charge in [0.1, 0.15) is 6.29 Å². The molecule has 1 aromatic rings. The number of hydrogen-bond donors (Lipinski definition) is 1. The second-order valence-electron chi connectivity index (χ2n) is 4.43. The Balaban J connectivity index is 3.19. The third-order valence-electron chi connectivity index (χ3n) is 2.90. The minimum atomic E-state index is -0.592. The fraction of sp³-hybridized carbons (Fsp3) is 0.400. The molecule has 0 aliphatic carbocycles. The van der Waals surface area contributed by atoms with Gasteiger partial charge in [-0.2, -0.15) is 0 Å². The SMILES string of the molecule is CCOC(=O)c1ccc(C(=O)NC(C)C=O)c(CC)c1Cl. The lowest BCUT2D eigenvalue weighted by molar-refractivity contribution is -0.109. The molecule has 1 unspecified atom stereocenters. The molecule has 114 valence electrons. The minimum Gasteiger partial charge on any atom is -0.462 e. The van der Waals surface area contributed by atoms with Gasteiger partial charge in [0.2, 0.25) is 0 Å². The molecule has 1 amide bonds. The van der Waals surface area contributed by atoms with Crippen LogP contribution < -0.4 is 5.32 Å². The number of halogens is 1. The average molecular weight is 312 g/mol. The Morgan fingerprint density at radius 2 is 1.95 bits per heavy atom. The fourth-order valence-corrected chi connectivity index (χ4v) is 2.24. The summed E-state index contributed by atoms with van der Waals surface area (Å²) in [6.45, 7) is 5.35. The number of esters is 1. The molecule has 0 saturated heterocycles. The molecule has 21 heavy (non-hydrogen) atoms. The van der Waals surface area contributed by atoms with Gasteiger partial charge in [0, 0.05) is 5.56 Å². The van der Waals surface area contributed by atoms with Crippen molar-refractivity contribution >= 4 is 29.8 Å². The molecular formula is C15H18ClNO4. The van der Waals surface area contributed by atoms with Crippen LogP contribution in [0.15, 0.2) is 12.1 Å². The Morgan fingerprint density at radius 1 is 1.33 bits per heavy atom. The van der Waals surface area contributed by atoms with E-state index in [1.807, 2.05) is 6.92 Å². The largest absolute Gasteiger partial charge is 0.462 e. The van der Waals surface area contributed by atoms with E-state index in [9.17, 15) is 14.4 Å². The van der Waals surface area contributed by atoms with Gasteiger partial charge in [0.15, 0.2) is 0 Å². The third-order valence-corrected chi connectivity index (χ3v) is 3.33. The molecule has 1 N–H and O–H groups in total. The number of carbonyl (C=O) groups excluding carboxylic acids is 3. The number of rotatable bonds is 6. The van der Waals surface area contributed by atoms with E-state index in [-0.39, 0.29) is 17.2 Å². The molecule has 0 fully saturated rings. The standard InChI is InChI=1S/C15H18ClNO4/c1-4-10-11(14(19)17-9(3)8-18)6-7-12(13(10)16)15(20)21-5-2/h6-9H,4-5H2,1-3H3,(H,17,19). The van der Waals surface area contributed by atoms with Crippen LogP contribution in [0.4, 0.5) is 0 Å². The summed E-state index contributed by atoms with van der Waals surface area (Å²) in [5, 5.41) is 2.75. The maximum atomic E-state index is 12.1. The van der Waals surface area contributed by atoms with Crippen molar-refractivity contribution in [2.24, 2.45) is 0 Å². The fourth-order valence-electron chi connectivity index (χ4n) is 1.86. The highest BCUT2D eigenvalue weighted by atomic mass is 35.5. The molecule has 1 atom stereocenters. The van der Waals surface area contributed by atoms with E-state index in [0.717, 1.165) is 0 Å². The first-order valence-electron chi connectivity index (χ1n) is 6.70. The first-order valence-corrected chi connectivity index (χ1v) is 7.08. The molecule has 5 nitrogen and oxygen atoms in total. The molecule has 1 aromatic carbocycles. The maximum absolute atomic E-state index is 12.1. The topological polar surface area (TPSA) is 72.5 Å². The lowest BCUT2D eigenvalue weighted by Crippen LogP contribution is -2.34. The van der Waals surface area contributed by atoms with E-state index in [1.165, 1.54) is 12.1 Å². The van der Waals surface area contributed by atoms with E-state index >= 15 is 0 Å². The molecule has 0 aliphatic heterocycles. The van der Waals surface area contributed by atoms with Crippen molar-refractivity contribution in [2.75, 3.05) is 6.61 Å². The second-order valence-corrected chi connectivity index (χ2v) is 4.80. The van der Waals surface area contributed by atoms with Crippen LogP contribution in [0.3, 0.4) is 0 Å². The van der Waals surface area contributed by atoms with Crippen molar-refractivity contribution in [3.8, 4) is 0 Å². The molecular weight excluding hydrogens is 294 g/mol. The Morgan fingerprint density at radius 3 is 2.48 bits per heavy atom. The van der Waals surface area contributed by atoms with Crippen LogP contribution in [0, 0.1) is 0 Å². The Labute approximate surface area is 128 Å². The molecule has 0 heterocycles. The van der Waals surface area contributed by atoms with Gasteiger partial charge in [-0.3, -0.25) is 4.79 Å². The van der Waals surface area contributed by atoms with Crippen LogP contribution in [-0.2, 0) is 16.0 Å². The lowest BCUT2D eigenvalue weighted by atomic mass is 10.0. The number of benzene rings is 1. The summed E-state index contributed by atoms with van der Waals surface area (Å²) < 4.78 is 4.92. The third kappa shape index (κ3) is 4.04. The first kappa shape index (κ1) is 17.2. The number of nitrogens with one attached hydrogen (secondary N) is 1. The Kier molecular flexibility index (Phi) is 6.37. The molecule has 6 heteroatoms. The molecule has 0 radical (unpaired) electrons. The van der Waals surface area contributed by atoms with Crippen molar-refractivity contribution in [1.29, 1.82) is 0 Å². The van der Waals surface area contributed by atoms with Gasteiger partial charge in [-0.15, -0.1) is 0 Å². The van der Waals surface area contributed by atoms with Gasteiger partial charge < -0.3 is 14.8 Å². The van der Waals surface area contributed by atoms with Gasteiger partial charge in [-0.25, -0.2) is 4.79 Å². The zero-order valence-electron chi connectivity index (χ0n) is 12.2. The normalized spacial score (nSPS) is 11.6. The van der Waals surface area contributed by atoms with Crippen molar-refractivity contribution in [3.05, 3.63) is 33.8 Å². The highest BCUT2D eigenvalue weighted by Crippen LogP contribution is 2.26. The van der Waals surface area contributed by atoms with E-state index in [4.69, 9.17) is 16.3 Å². The predicted molar refractivity (Wildman–Crippen MR) is 79.8 cm³/mol. The summed E-state index contributed by atoms with van der Waals surface area (Å²) in [7, 11) is 0. The van der Waals surface area contributed by atoms with Crippen LogP contribution in [0.25, 0.3) is 0 Å². The maximum Gasteiger partial charge on any atom is 0.339 e. The van der Waals surface area contributed by atoms with Crippen molar-refractivity contribution in [2.45, 2.75) is 33.2 Å². The van der Waals surface area contributed by atoms with Crippen LogP contribution in [0.2, 0.25) is 5.02 Å². The van der Waals surface area contributed by atoms with Crippen molar-refractivity contribution in [3.63, 3.8) is 0 Å². The molecule has 0 spiro atoms. The first-order chi connectivity index (χ1) is 9.96. The van der Waals surface area contributed by atoms with Gasteiger partial charge in [0.25, 0.3) is 5.91 Å². The number of carbonyl (C=O) groups is 3. The number of aldehydes is 1. The summed E-state index contributed by atoms with van der Waals surface area (Å²) >= 11 is 6.21. The monoisotopic (exact) mass is 311 g/mol. The number of ether oxygens (including phenoxy) is 1. The summed E-state index contributed by atoms with van der Waals surface area (Å²) in [6, 6.07) is 2.38. The minimum absolute atomic E-state index is 0.211. The van der Waals surface area contributed by atoms with E-state index in [1.54, 1.807) is 13.8 Å².